The highest BCUT2D eigenvalue weighted by Crippen LogP contribution is 2.57. The number of benzene rings is 4. The Bertz CT molecular complexity index is 3730. The van der Waals surface area contributed by atoms with Gasteiger partial charge in [-0.05, 0) is 135 Å². The molecule has 99 heavy (non-hydrogen) atoms. The van der Waals surface area contributed by atoms with Gasteiger partial charge in [-0.1, -0.05) is 36.4 Å². The number of amides is 10. The number of carbonyl (C=O) groups is 11. The van der Waals surface area contributed by atoms with Gasteiger partial charge < -0.3 is 92.2 Å². The van der Waals surface area contributed by atoms with Crippen LogP contribution in [0.4, 0.5) is 11.4 Å². The summed E-state index contributed by atoms with van der Waals surface area (Å²) >= 11 is 1.41. The number of aliphatic hydroxyl groups is 1. The quantitative estimate of drug-likeness (QED) is 0.0198. The van der Waals surface area contributed by atoms with E-state index in [1.165, 1.54) is 59.6 Å². The van der Waals surface area contributed by atoms with Gasteiger partial charge in [0.05, 0.1) is 43.9 Å². The lowest BCUT2D eigenvalue weighted by Crippen LogP contribution is -2.60. The van der Waals surface area contributed by atoms with Gasteiger partial charge in [-0.25, -0.2) is 4.79 Å². The lowest BCUT2D eigenvalue weighted by molar-refractivity contribution is -0.145. The van der Waals surface area contributed by atoms with E-state index in [2.05, 4.69) is 36.9 Å². The molecule has 12 N–H and O–H groups in total. The molecule has 3 unspecified atom stereocenters. The fourth-order valence-corrected chi connectivity index (χ4v) is 12.0. The van der Waals surface area contributed by atoms with Crippen molar-refractivity contribution in [2.24, 2.45) is 11.5 Å². The Morgan fingerprint density at radius 2 is 1.23 bits per heavy atom. The molecule has 1 aromatic heterocycles. The normalized spacial score (nSPS) is 15.0. The Morgan fingerprint density at radius 3 is 1.84 bits per heavy atom. The highest BCUT2D eigenvalue weighted by atomic mass is 32.2. The number of aromatic amines is 1. The highest BCUT2D eigenvalue weighted by Gasteiger charge is 2.53. The summed E-state index contributed by atoms with van der Waals surface area (Å²) in [5.41, 5.74) is 13.1. The number of ether oxygens (including phenoxy) is 3. The molecule has 0 saturated carbocycles. The molecule has 2 aliphatic rings. The number of nitrogens with zero attached hydrogens (tertiary/aromatic N) is 5. The van der Waals surface area contributed by atoms with Gasteiger partial charge in [-0.2, -0.15) is 11.8 Å². The molecule has 5 aromatic rings. The van der Waals surface area contributed by atoms with Gasteiger partial charge in [0.1, 0.15) is 29.6 Å². The number of hydrogen-bond donors (Lipinski definition) is 10. The van der Waals surface area contributed by atoms with Gasteiger partial charge >= 0.3 is 5.97 Å². The summed E-state index contributed by atoms with van der Waals surface area (Å²) in [4.78, 5) is 161. The molecule has 0 aliphatic carbocycles. The number of primary amides is 1. The van der Waals surface area contributed by atoms with Crippen LogP contribution in [0.5, 0.6) is 11.5 Å². The molecule has 29 nitrogen and oxygen atoms in total. The second-order valence-corrected chi connectivity index (χ2v) is 26.0. The number of nitrogens with one attached hydrogen (secondary N) is 7. The first-order valence-electron chi connectivity index (χ1n) is 32.7. The summed E-state index contributed by atoms with van der Waals surface area (Å²) < 4.78 is 18.2. The molecule has 2 aliphatic heterocycles. The number of nitrogens with two attached hydrogens (primary N) is 2. The number of aliphatic hydroxyl groups excluding tert-OH is 1. The molecule has 0 fully saturated rings. The lowest BCUT2D eigenvalue weighted by atomic mass is 9.77. The lowest BCUT2D eigenvalue weighted by Gasteiger charge is -2.37. The van der Waals surface area contributed by atoms with Crippen molar-refractivity contribution in [3.8, 4) is 11.5 Å². The summed E-state index contributed by atoms with van der Waals surface area (Å²) in [6, 6.07) is 18.8. The van der Waals surface area contributed by atoms with E-state index in [1.807, 2.05) is 68.5 Å². The summed E-state index contributed by atoms with van der Waals surface area (Å²) in [7, 11) is 8.98. The minimum atomic E-state index is -1.59. The van der Waals surface area contributed by atoms with Gasteiger partial charge in [0.25, 0.3) is 0 Å². The molecule has 3 heterocycles. The Balaban J connectivity index is 1.06. The highest BCUT2D eigenvalue weighted by molar-refractivity contribution is 7.98. The molecule has 6 atom stereocenters. The number of aromatic nitrogens is 1. The van der Waals surface area contributed by atoms with Crippen molar-refractivity contribution in [2.45, 2.75) is 94.7 Å². The van der Waals surface area contributed by atoms with Gasteiger partial charge in [-0.3, -0.25) is 47.9 Å². The Hall–Kier alpha value is -9.46. The largest absolute Gasteiger partial charge is 0.456 e. The SMILES string of the molecule is COCCCN(CC(=O)N(CCCN(C)C)CC(N)=O)C(=O)CN(CCCN(C)C)C(=O)CNC(=O)CCC(=O)Nc1ccc2c(c1)Oc1cc(NC(=O)[C@H](Cc3c[nH]c4ccccc34)NC(=O)[C@H](CCSC)NC(=O)C(NC(=O)[C@H](C)N)C(C)O)ccc1C21OC(=O)c2ccccc21. The van der Waals surface area contributed by atoms with E-state index < -0.39 is 114 Å². The Morgan fingerprint density at radius 1 is 0.657 bits per heavy atom. The molecule has 534 valence electrons. The van der Waals surface area contributed by atoms with Gasteiger partial charge in [-0.15, -0.1) is 0 Å². The number of para-hydroxylation sites is 1. The van der Waals surface area contributed by atoms with Crippen molar-refractivity contribution in [3.63, 3.8) is 0 Å². The second-order valence-electron chi connectivity index (χ2n) is 25.0. The number of anilines is 2. The first kappa shape index (κ1) is 76.9. The number of carbonyl (C=O) groups excluding carboxylic acids is 11. The average Bonchev–Trinajstić information content (AvgIpc) is 1.60. The van der Waals surface area contributed by atoms with Crippen LogP contribution in [-0.2, 0) is 69.4 Å². The molecule has 10 amide bonds. The number of fused-ring (bicyclic) bond motifs is 7. The van der Waals surface area contributed by atoms with Crippen LogP contribution < -0.4 is 48.1 Å². The number of hydrogen-bond acceptors (Lipinski definition) is 19. The van der Waals surface area contributed by atoms with E-state index in [1.54, 1.807) is 54.7 Å². The molecule has 30 heteroatoms. The van der Waals surface area contributed by atoms with Crippen molar-refractivity contribution in [1.29, 1.82) is 0 Å². The summed E-state index contributed by atoms with van der Waals surface area (Å²) in [6.07, 6.45) is 2.97. The summed E-state index contributed by atoms with van der Waals surface area (Å²) in [5.74, 6) is -6.40. The first-order chi connectivity index (χ1) is 47.2. The van der Waals surface area contributed by atoms with E-state index in [0.29, 0.717) is 60.4 Å². The third kappa shape index (κ3) is 21.0. The zero-order valence-corrected chi connectivity index (χ0v) is 58.1. The maximum Gasteiger partial charge on any atom is 0.340 e. The van der Waals surface area contributed by atoms with Crippen molar-refractivity contribution in [2.75, 3.05) is 123 Å². The number of thioether (sulfide) groups is 1. The second kappa shape index (κ2) is 36.4. The zero-order chi connectivity index (χ0) is 72.1. The fourth-order valence-electron chi connectivity index (χ4n) is 11.5. The third-order valence-corrected chi connectivity index (χ3v) is 17.3. The Labute approximate surface area is 579 Å². The van der Waals surface area contributed by atoms with Gasteiger partial charge in [0.15, 0.2) is 5.60 Å². The summed E-state index contributed by atoms with van der Waals surface area (Å²) in [6.45, 7) is 3.05. The topological polar surface area (TPSA) is 392 Å². The molecule has 7 rings (SSSR count). The number of methoxy groups -OCH3 is 1. The predicted octanol–water partition coefficient (Wildman–Crippen LogP) is 1.60. The van der Waals surface area contributed by atoms with Crippen LogP contribution in [0.15, 0.2) is 91.1 Å². The van der Waals surface area contributed by atoms with Crippen LogP contribution in [0.1, 0.15) is 85.0 Å². The summed E-state index contributed by atoms with van der Waals surface area (Å²) in [5, 5.41) is 27.5. The molecular weight excluding hydrogens is 1300 g/mol. The fraction of sp³-hybridized carbons (Fsp3) is 0.464. The molecule has 4 aromatic carbocycles. The molecule has 0 saturated heterocycles. The van der Waals surface area contributed by atoms with E-state index in [0.717, 1.165) is 10.9 Å². The van der Waals surface area contributed by atoms with Gasteiger partial charge in [0.2, 0.25) is 59.1 Å². The molecule has 1 spiro atoms. The monoisotopic (exact) mass is 1390 g/mol. The van der Waals surface area contributed by atoms with Crippen molar-refractivity contribution in [1.82, 2.24) is 50.8 Å². The van der Waals surface area contributed by atoms with Crippen LogP contribution in [0, 0.1) is 0 Å². The minimum Gasteiger partial charge on any atom is -0.456 e. The zero-order valence-electron chi connectivity index (χ0n) is 57.2. The molecule has 0 radical (unpaired) electrons. The number of rotatable bonds is 38. The van der Waals surface area contributed by atoms with E-state index >= 15 is 0 Å². The van der Waals surface area contributed by atoms with E-state index in [-0.39, 0.29) is 93.5 Å². The van der Waals surface area contributed by atoms with Crippen LogP contribution >= 0.6 is 11.8 Å². The average molecular weight is 1390 g/mol. The van der Waals surface area contributed by atoms with Crippen LogP contribution in [0.3, 0.4) is 0 Å². The maximum absolute atomic E-state index is 14.8. The van der Waals surface area contributed by atoms with Gasteiger partial charge in [0, 0.05) is 110 Å². The van der Waals surface area contributed by atoms with Crippen LogP contribution in [-0.4, -0.2) is 243 Å². The molecular formula is C69H92N14O15S. The first-order valence-corrected chi connectivity index (χ1v) is 34.1. The smallest absolute Gasteiger partial charge is 0.340 e. The van der Waals surface area contributed by atoms with E-state index in [9.17, 15) is 57.8 Å². The van der Waals surface area contributed by atoms with Crippen molar-refractivity contribution in [3.05, 3.63) is 119 Å². The van der Waals surface area contributed by atoms with Crippen LogP contribution in [0.2, 0.25) is 0 Å². The standard InChI is InChI=1S/C69H92N14O15S/c1-42(70)64(91)78-63(43(2)84)67(94)76-53(26-33-99-8)65(92)77-54(34-44-37-72-52-19-12-10-16-47(44)52)66(93)75-46-21-23-51-56(36-46)97-55-35-45(20-22-50(55)69(51)49-18-11-9-17-48(49)68(95)98-69)74-59(87)25-24-58(86)73-38-60(88)82(30-14-28-80(5)6)40-62(90)83(31-15-32-96-7)41-61(89)81(39-57(71)85)29-13-27-79(3)4/h9-12,16-23,35-37,42-43,53-54,63,72,84H,13-15,24-34,38-41,70H2,1-8H3,(H2,71,85)(H,73,86)(H,74,87)(H,75,93)(H,76,94)(H,77,92)(H,78,91)/t42-,43?,53-,54-,63?,69?/m0/s1. The Kier molecular flexibility index (Phi) is 28.3. The van der Waals surface area contributed by atoms with Crippen molar-refractivity contribution < 1.29 is 72.1 Å². The van der Waals surface area contributed by atoms with Crippen molar-refractivity contribution >= 4 is 99.1 Å². The third-order valence-electron chi connectivity index (χ3n) is 16.6. The van der Waals surface area contributed by atoms with Crippen LogP contribution in [0.25, 0.3) is 10.9 Å². The maximum atomic E-state index is 14.8. The van der Waals surface area contributed by atoms with E-state index in [4.69, 9.17) is 25.7 Å². The predicted molar refractivity (Wildman–Crippen MR) is 372 cm³/mol. The molecule has 0 bridgehead atoms. The number of H-pyrrole nitrogens is 1. The number of esters is 1. The minimum absolute atomic E-state index is 0.0303.